The maximum atomic E-state index is 14.3. The number of benzene rings is 3. The third-order valence-corrected chi connectivity index (χ3v) is 9.37. The van der Waals surface area contributed by atoms with Crippen LogP contribution in [-0.2, 0) is 22.9 Å². The van der Waals surface area contributed by atoms with Crippen molar-refractivity contribution < 1.29 is 17.2 Å². The van der Waals surface area contributed by atoms with E-state index in [-0.39, 0.29) is 11.3 Å². The molecule has 0 aliphatic carbocycles. The summed E-state index contributed by atoms with van der Waals surface area (Å²) in [6.45, 7) is 1.88. The summed E-state index contributed by atoms with van der Waals surface area (Å²) in [6.07, 6.45) is -0.204. The van der Waals surface area contributed by atoms with E-state index in [1.807, 2.05) is 6.92 Å². The number of hydrogen-bond acceptors (Lipinski definition) is 2. The summed E-state index contributed by atoms with van der Waals surface area (Å²) < 4.78 is 56.9. The van der Waals surface area contributed by atoms with E-state index in [2.05, 4.69) is 0 Å². The Balaban J connectivity index is 0.000000375. The third-order valence-electron chi connectivity index (χ3n) is 7.26. The van der Waals surface area contributed by atoms with Crippen molar-refractivity contribution in [3.63, 3.8) is 0 Å². The summed E-state index contributed by atoms with van der Waals surface area (Å²) in [4.78, 5) is 0.151. The molecule has 1 unspecified atom stereocenters. The molecule has 13 radical (unpaired) electrons. The molecule has 0 saturated carbocycles. The van der Waals surface area contributed by atoms with Gasteiger partial charge in [0.1, 0.15) is 11.6 Å². The topological polar surface area (TPSA) is 37.4 Å². The van der Waals surface area contributed by atoms with Gasteiger partial charge in [-0.1, -0.05) is 41.4 Å². The van der Waals surface area contributed by atoms with Crippen LogP contribution >= 0.6 is 11.6 Å². The highest BCUT2D eigenvalue weighted by Gasteiger charge is 2.36. The Morgan fingerprint density at radius 3 is 2.17 bits per heavy atom. The number of rotatable bonds is 9. The lowest BCUT2D eigenvalue weighted by molar-refractivity contribution is 0.515. The number of aryl methyl sites for hydroxylation is 3. The Hall–Kier alpha value is -1.73. The molecule has 4 rings (SSSR count). The molecule has 18 heteroatoms. The minimum absolute atomic E-state index is 0.151. The van der Waals surface area contributed by atoms with Crippen molar-refractivity contribution in [2.45, 2.75) is 43.5 Å². The van der Waals surface area contributed by atoms with Crippen LogP contribution in [0.4, 0.5) is 14.5 Å². The first-order valence-electron chi connectivity index (χ1n) is 13.4. The Labute approximate surface area is 264 Å². The zero-order valence-corrected chi connectivity index (χ0v) is 24.9. The van der Waals surface area contributed by atoms with E-state index in [1.54, 1.807) is 42.5 Å². The predicted molar refractivity (Wildman–Crippen MR) is 182 cm³/mol. The molecule has 0 N–H and O–H groups in total. The van der Waals surface area contributed by atoms with Crippen LogP contribution in [0.2, 0.25) is 5.02 Å². The average Bonchev–Trinajstić information content (AvgIpc) is 2.92. The molecule has 195 valence electrons. The number of nitrogens with zero attached hydrogens (tertiary/aromatic N) is 1. The van der Waals surface area contributed by atoms with Crippen LogP contribution in [0.25, 0.3) is 0 Å². The molecular formula is C24H22B11ClF2NO2S. The zero-order valence-electron chi connectivity index (χ0n) is 23.3. The van der Waals surface area contributed by atoms with Gasteiger partial charge in [0.15, 0.2) is 0 Å². The normalized spacial score (nSPS) is 14.2. The lowest BCUT2D eigenvalue weighted by atomic mass is 8.56. The smallest absolute Gasteiger partial charge is 0.263 e. The number of hydrogen-bond donors (Lipinski definition) is 0. The van der Waals surface area contributed by atoms with Crippen LogP contribution < -0.4 is 4.31 Å². The fourth-order valence-corrected chi connectivity index (χ4v) is 6.84. The van der Waals surface area contributed by atoms with Gasteiger partial charge in [-0.3, -0.25) is 4.31 Å². The molecular weight excluding hydrogens is 559 g/mol. The molecule has 3 aromatic rings. The summed E-state index contributed by atoms with van der Waals surface area (Å²) in [5.74, 6) is -0.907. The van der Waals surface area contributed by atoms with Crippen molar-refractivity contribution >= 4 is 106 Å². The fraction of sp³-hybridized carbons (Fsp3) is 0.250. The van der Waals surface area contributed by atoms with Gasteiger partial charge in [-0.2, -0.15) is 0 Å². The minimum atomic E-state index is -3.93. The Morgan fingerprint density at radius 1 is 0.976 bits per heavy atom. The van der Waals surface area contributed by atoms with Crippen LogP contribution in [0.15, 0.2) is 65.6 Å². The Kier molecular flexibility index (Phi) is 12.7. The first kappa shape index (κ1) is 34.8. The van der Waals surface area contributed by atoms with Crippen molar-refractivity contribution in [2.24, 2.45) is 0 Å². The van der Waals surface area contributed by atoms with E-state index in [9.17, 15) is 17.2 Å². The monoisotopic (exact) mass is 582 g/mol. The Bertz CT molecular complexity index is 1450. The molecule has 0 saturated heterocycles. The van der Waals surface area contributed by atoms with Gasteiger partial charge < -0.3 is 0 Å². The van der Waals surface area contributed by atoms with Crippen molar-refractivity contribution in [2.75, 3.05) is 4.31 Å². The highest BCUT2D eigenvalue weighted by Crippen LogP contribution is 2.37. The van der Waals surface area contributed by atoms with Gasteiger partial charge in [-0.25, -0.2) is 17.2 Å². The fourth-order valence-electron chi connectivity index (χ4n) is 4.95. The Morgan fingerprint density at radius 2 is 1.62 bits per heavy atom. The van der Waals surface area contributed by atoms with Crippen molar-refractivity contribution in [3.8, 4) is 0 Å². The van der Waals surface area contributed by atoms with E-state index in [0.29, 0.717) is 42.0 Å². The van der Waals surface area contributed by atoms with Crippen LogP contribution in [0.1, 0.15) is 29.5 Å². The molecule has 0 amide bonds. The first-order valence-corrected chi connectivity index (χ1v) is 15.2. The molecule has 1 heterocycles. The van der Waals surface area contributed by atoms with E-state index < -0.39 is 46.9 Å². The maximum Gasteiger partial charge on any atom is 0.264 e. The molecule has 1 aliphatic heterocycles. The highest BCUT2D eigenvalue weighted by molar-refractivity contribution is 8.02. The summed E-state index contributed by atoms with van der Waals surface area (Å²) in [5, 5.41) is 0.312. The number of halogens is 3. The second kappa shape index (κ2) is 15.3. The summed E-state index contributed by atoms with van der Waals surface area (Å²) in [7, 11) is 29.6. The maximum absolute atomic E-state index is 14.3. The average molecular weight is 581 g/mol. The SMILES string of the molecule is Cc1ccc(S(=O)(=O)N2c3cc(F)ccc3CCC2CCc2ccc(Cl)cc2F)cc1.[B][B]B([B])B(B([B])[B])B([B])[B]. The summed E-state index contributed by atoms with van der Waals surface area (Å²) in [6, 6.07) is 14.9. The number of sulfonamides is 1. The van der Waals surface area contributed by atoms with Crippen molar-refractivity contribution in [3.05, 3.63) is 94.0 Å². The van der Waals surface area contributed by atoms with E-state index in [1.165, 1.54) is 29.6 Å². The van der Waals surface area contributed by atoms with E-state index in [4.69, 9.17) is 58.0 Å². The van der Waals surface area contributed by atoms with Gasteiger partial charge in [-0.15, -0.1) is 0 Å². The van der Waals surface area contributed by atoms with E-state index >= 15 is 0 Å². The van der Waals surface area contributed by atoms with E-state index in [0.717, 1.165) is 11.1 Å². The second-order valence-corrected chi connectivity index (χ2v) is 12.6. The molecule has 0 fully saturated rings. The number of fused-ring (bicyclic) bond motifs is 1. The molecule has 0 spiro atoms. The molecule has 3 nitrogen and oxygen atoms in total. The van der Waals surface area contributed by atoms with Gasteiger partial charge in [-0.05, 0) is 80.1 Å². The summed E-state index contributed by atoms with van der Waals surface area (Å²) >= 11 is 5.84. The summed E-state index contributed by atoms with van der Waals surface area (Å²) in [5.41, 5.74) is 2.56. The standard InChI is InChI=1S/C24H22ClF2NO2S.B11/c1-16-2-12-22(13-3-16)31(29,30)28-21(10-6-17-4-8-19(25)14-23(17)27)11-7-18-5-9-20(26)15-24(18)28;1-7-10(6)11(8(2)3)9(4)5/h2-5,8-9,12-15,21H,6-7,10-11H2,1H3;. The minimum Gasteiger partial charge on any atom is -0.263 e. The largest absolute Gasteiger partial charge is 0.264 e. The lowest BCUT2D eigenvalue weighted by Gasteiger charge is -2.38. The van der Waals surface area contributed by atoms with Crippen LogP contribution in [0.3, 0.4) is 0 Å². The van der Waals surface area contributed by atoms with Gasteiger partial charge in [0.2, 0.25) is 0 Å². The molecule has 42 heavy (non-hydrogen) atoms. The van der Waals surface area contributed by atoms with Crippen LogP contribution in [0, 0.1) is 18.6 Å². The zero-order chi connectivity index (χ0) is 31.2. The van der Waals surface area contributed by atoms with Crippen molar-refractivity contribution in [1.29, 1.82) is 0 Å². The molecule has 0 aromatic heterocycles. The van der Waals surface area contributed by atoms with Gasteiger partial charge in [0, 0.05) is 90.1 Å². The third kappa shape index (κ3) is 8.68. The predicted octanol–water partition coefficient (Wildman–Crippen LogP) is 1.88. The highest BCUT2D eigenvalue weighted by atomic mass is 35.5. The van der Waals surface area contributed by atoms with Gasteiger partial charge in [0.05, 0.1) is 10.6 Å². The second-order valence-electron chi connectivity index (χ2n) is 10.4. The number of anilines is 1. The quantitative estimate of drug-likeness (QED) is 0.363. The van der Waals surface area contributed by atoms with Crippen molar-refractivity contribution in [1.82, 2.24) is 0 Å². The molecule has 1 atom stereocenters. The lowest BCUT2D eigenvalue weighted by Crippen LogP contribution is -2.63. The molecule has 3 aromatic carbocycles. The molecule has 1 aliphatic rings. The molecule has 0 bridgehead atoms. The van der Waals surface area contributed by atoms with Gasteiger partial charge in [0.25, 0.3) is 10.0 Å². The van der Waals surface area contributed by atoms with Crippen LogP contribution in [0.5, 0.6) is 0 Å². The van der Waals surface area contributed by atoms with Crippen LogP contribution in [-0.4, -0.2) is 93.5 Å². The first-order chi connectivity index (χ1) is 19.8. The van der Waals surface area contributed by atoms with Gasteiger partial charge >= 0.3 is 0 Å².